The fourth-order valence-corrected chi connectivity index (χ4v) is 3.76. The molecule has 2 aliphatic rings. The summed E-state index contributed by atoms with van der Waals surface area (Å²) in [5, 5.41) is 3.89. The molecule has 2 nitrogen and oxygen atoms in total. The molecule has 1 aromatic rings. The van der Waals surface area contributed by atoms with Gasteiger partial charge in [0, 0.05) is 19.2 Å². The molecule has 0 aliphatic heterocycles. The second-order valence-corrected chi connectivity index (χ2v) is 5.98. The van der Waals surface area contributed by atoms with Crippen LogP contribution in [0.2, 0.25) is 0 Å². The van der Waals surface area contributed by atoms with Crippen molar-refractivity contribution in [3.8, 4) is 0 Å². The van der Waals surface area contributed by atoms with Gasteiger partial charge in [0.2, 0.25) is 0 Å². The lowest BCUT2D eigenvalue weighted by Crippen LogP contribution is -2.45. The molecule has 0 amide bonds. The van der Waals surface area contributed by atoms with E-state index in [2.05, 4.69) is 29.6 Å². The molecule has 0 radical (unpaired) electrons. The van der Waals surface area contributed by atoms with Crippen LogP contribution in [0.15, 0.2) is 24.3 Å². The number of rotatable bonds is 3. The molecule has 1 saturated carbocycles. The predicted octanol–water partition coefficient (Wildman–Crippen LogP) is 3.61. The van der Waals surface area contributed by atoms with Gasteiger partial charge in [-0.3, -0.25) is 0 Å². The lowest BCUT2D eigenvalue weighted by molar-refractivity contribution is 0.0368. The fourth-order valence-electron chi connectivity index (χ4n) is 3.76. The van der Waals surface area contributed by atoms with Crippen LogP contribution in [-0.4, -0.2) is 19.3 Å². The number of nitrogens with one attached hydrogen (secondary N) is 1. The molecule has 1 aromatic carbocycles. The molecule has 2 heteroatoms. The van der Waals surface area contributed by atoms with E-state index in [1.54, 1.807) is 0 Å². The molecule has 3 atom stereocenters. The normalized spacial score (nSPS) is 30.9. The van der Waals surface area contributed by atoms with Gasteiger partial charge in [-0.1, -0.05) is 37.1 Å². The van der Waals surface area contributed by atoms with Crippen LogP contribution < -0.4 is 5.32 Å². The zero-order valence-electron chi connectivity index (χ0n) is 11.9. The molecular weight excluding hydrogens is 234 g/mol. The van der Waals surface area contributed by atoms with E-state index >= 15 is 0 Å². The van der Waals surface area contributed by atoms with Crippen LogP contribution in [0.1, 0.15) is 55.7 Å². The third-order valence-electron chi connectivity index (χ3n) is 4.79. The summed E-state index contributed by atoms with van der Waals surface area (Å²) in [5.41, 5.74) is 3.06. The minimum absolute atomic E-state index is 0.405. The Kier molecular flexibility index (Phi) is 4.19. The van der Waals surface area contributed by atoms with E-state index in [1.807, 2.05) is 7.11 Å². The maximum atomic E-state index is 5.67. The van der Waals surface area contributed by atoms with Crippen LogP contribution in [0, 0.1) is 0 Å². The van der Waals surface area contributed by atoms with Crippen molar-refractivity contribution in [2.45, 2.75) is 63.1 Å². The first-order valence-corrected chi connectivity index (χ1v) is 7.75. The first-order valence-electron chi connectivity index (χ1n) is 7.75. The molecule has 2 aliphatic carbocycles. The predicted molar refractivity (Wildman–Crippen MR) is 78.3 cm³/mol. The van der Waals surface area contributed by atoms with Gasteiger partial charge in [0.1, 0.15) is 0 Å². The van der Waals surface area contributed by atoms with Crippen LogP contribution >= 0.6 is 0 Å². The number of methoxy groups -OCH3 is 1. The van der Waals surface area contributed by atoms with Crippen molar-refractivity contribution in [3.63, 3.8) is 0 Å². The number of ether oxygens (including phenoxy) is 1. The molecule has 0 aromatic heterocycles. The maximum absolute atomic E-state index is 5.67. The number of benzene rings is 1. The summed E-state index contributed by atoms with van der Waals surface area (Å²) in [7, 11) is 1.86. The highest BCUT2D eigenvalue weighted by atomic mass is 16.5. The summed E-state index contributed by atoms with van der Waals surface area (Å²) in [5.74, 6) is 0. The van der Waals surface area contributed by atoms with Gasteiger partial charge >= 0.3 is 0 Å². The van der Waals surface area contributed by atoms with Gasteiger partial charge in [0.05, 0.1) is 6.10 Å². The highest BCUT2D eigenvalue weighted by molar-refractivity contribution is 5.32. The smallest absolute Gasteiger partial charge is 0.0724 e. The first kappa shape index (κ1) is 13.1. The summed E-state index contributed by atoms with van der Waals surface area (Å²) in [6.45, 7) is 0. The summed E-state index contributed by atoms with van der Waals surface area (Å²) in [4.78, 5) is 0. The summed E-state index contributed by atoms with van der Waals surface area (Å²) in [6, 6.07) is 10.0. The molecule has 104 valence electrons. The monoisotopic (exact) mass is 259 g/mol. The molecule has 0 saturated heterocycles. The van der Waals surface area contributed by atoms with Crippen molar-refractivity contribution in [2.24, 2.45) is 0 Å². The SMILES string of the molecule is CO[C@H]1CCCC[C@H]1N[C@@H]1CCCc2ccccc21. The van der Waals surface area contributed by atoms with Gasteiger partial charge in [-0.15, -0.1) is 0 Å². The Bertz CT molecular complexity index is 417. The molecule has 19 heavy (non-hydrogen) atoms. The van der Waals surface area contributed by atoms with Gasteiger partial charge in [-0.05, 0) is 43.2 Å². The van der Waals surface area contributed by atoms with Crippen molar-refractivity contribution < 1.29 is 4.74 Å². The summed E-state index contributed by atoms with van der Waals surface area (Å²) >= 11 is 0. The van der Waals surface area contributed by atoms with Crippen molar-refractivity contribution >= 4 is 0 Å². The van der Waals surface area contributed by atoms with Gasteiger partial charge in [-0.25, -0.2) is 0 Å². The van der Waals surface area contributed by atoms with Crippen LogP contribution in [-0.2, 0) is 11.2 Å². The van der Waals surface area contributed by atoms with Gasteiger partial charge < -0.3 is 10.1 Å². The minimum Gasteiger partial charge on any atom is -0.380 e. The van der Waals surface area contributed by atoms with E-state index in [4.69, 9.17) is 4.74 Å². The Morgan fingerprint density at radius 2 is 1.89 bits per heavy atom. The maximum Gasteiger partial charge on any atom is 0.0724 e. The Balaban J connectivity index is 1.73. The van der Waals surface area contributed by atoms with Crippen molar-refractivity contribution in [1.29, 1.82) is 0 Å². The number of hydrogen-bond donors (Lipinski definition) is 1. The Morgan fingerprint density at radius 3 is 2.79 bits per heavy atom. The van der Waals surface area contributed by atoms with Gasteiger partial charge in [0.25, 0.3) is 0 Å². The zero-order valence-corrected chi connectivity index (χ0v) is 11.9. The average molecular weight is 259 g/mol. The largest absolute Gasteiger partial charge is 0.380 e. The lowest BCUT2D eigenvalue weighted by atomic mass is 9.85. The molecular formula is C17H25NO. The standard InChI is InChI=1S/C17H25NO/c1-19-17-12-5-4-10-16(17)18-15-11-6-8-13-7-2-3-9-14(13)15/h2-3,7,9,15-18H,4-6,8,10-12H2,1H3/t15-,16-,17+/m1/s1. The third-order valence-corrected chi connectivity index (χ3v) is 4.79. The van der Waals surface area contributed by atoms with E-state index in [0.29, 0.717) is 18.2 Å². The van der Waals surface area contributed by atoms with Crippen molar-refractivity contribution in [2.75, 3.05) is 7.11 Å². The van der Waals surface area contributed by atoms with E-state index in [9.17, 15) is 0 Å². The Labute approximate surface area is 116 Å². The molecule has 0 bridgehead atoms. The molecule has 1 N–H and O–H groups in total. The van der Waals surface area contributed by atoms with Gasteiger partial charge in [-0.2, -0.15) is 0 Å². The number of hydrogen-bond acceptors (Lipinski definition) is 2. The first-order chi connectivity index (χ1) is 9.38. The number of fused-ring (bicyclic) bond motifs is 1. The quantitative estimate of drug-likeness (QED) is 0.895. The second kappa shape index (κ2) is 6.06. The topological polar surface area (TPSA) is 21.3 Å². The molecule has 0 unspecified atom stereocenters. The zero-order chi connectivity index (χ0) is 13.1. The molecule has 0 spiro atoms. The summed E-state index contributed by atoms with van der Waals surface area (Å²) in [6.07, 6.45) is 9.35. The van der Waals surface area contributed by atoms with Crippen molar-refractivity contribution in [1.82, 2.24) is 5.32 Å². The Morgan fingerprint density at radius 1 is 1.05 bits per heavy atom. The Hall–Kier alpha value is -0.860. The van der Waals surface area contributed by atoms with E-state index in [1.165, 1.54) is 56.1 Å². The molecule has 3 rings (SSSR count). The third kappa shape index (κ3) is 2.85. The molecule has 1 fully saturated rings. The van der Waals surface area contributed by atoms with Gasteiger partial charge in [0.15, 0.2) is 0 Å². The van der Waals surface area contributed by atoms with Crippen LogP contribution in [0.3, 0.4) is 0 Å². The highest BCUT2D eigenvalue weighted by Gasteiger charge is 2.29. The van der Waals surface area contributed by atoms with Crippen LogP contribution in [0.5, 0.6) is 0 Å². The van der Waals surface area contributed by atoms with E-state index in [0.717, 1.165) is 0 Å². The average Bonchev–Trinajstić information content (AvgIpc) is 2.48. The van der Waals surface area contributed by atoms with Crippen LogP contribution in [0.25, 0.3) is 0 Å². The van der Waals surface area contributed by atoms with Crippen LogP contribution in [0.4, 0.5) is 0 Å². The van der Waals surface area contributed by atoms with Crippen molar-refractivity contribution in [3.05, 3.63) is 35.4 Å². The highest BCUT2D eigenvalue weighted by Crippen LogP contribution is 2.32. The number of aryl methyl sites for hydroxylation is 1. The molecule has 0 heterocycles. The lowest BCUT2D eigenvalue weighted by Gasteiger charge is -2.36. The van der Waals surface area contributed by atoms with E-state index in [-0.39, 0.29) is 0 Å². The minimum atomic E-state index is 0.405. The second-order valence-electron chi connectivity index (χ2n) is 5.98. The fraction of sp³-hybridized carbons (Fsp3) is 0.647. The summed E-state index contributed by atoms with van der Waals surface area (Å²) < 4.78 is 5.67. The van der Waals surface area contributed by atoms with E-state index < -0.39 is 0 Å².